The van der Waals surface area contributed by atoms with E-state index in [1.54, 1.807) is 6.33 Å². The highest BCUT2D eigenvalue weighted by molar-refractivity contribution is 5.75. The molecule has 0 aliphatic carbocycles. The second-order valence-electron chi connectivity index (χ2n) is 7.67. The topological polar surface area (TPSA) is 70.2 Å². The van der Waals surface area contributed by atoms with Crippen LogP contribution in [0.1, 0.15) is 44.6 Å². The zero-order valence-electron chi connectivity index (χ0n) is 17.3. The lowest BCUT2D eigenvalue weighted by molar-refractivity contribution is -0.121. The zero-order valence-corrected chi connectivity index (χ0v) is 17.3. The summed E-state index contributed by atoms with van der Waals surface area (Å²) in [5.41, 5.74) is 0.161. The first kappa shape index (κ1) is 21.9. The van der Waals surface area contributed by atoms with Gasteiger partial charge in [-0.2, -0.15) is 0 Å². The van der Waals surface area contributed by atoms with Crippen LogP contribution >= 0.6 is 0 Å². The minimum atomic E-state index is -0.512. The summed E-state index contributed by atoms with van der Waals surface area (Å²) in [6.45, 7) is 4.78. The van der Waals surface area contributed by atoms with Crippen molar-refractivity contribution in [2.24, 2.45) is 5.92 Å². The van der Waals surface area contributed by atoms with Crippen molar-refractivity contribution in [3.05, 3.63) is 47.8 Å². The van der Waals surface area contributed by atoms with Crippen molar-refractivity contribution < 1.29 is 13.6 Å². The van der Waals surface area contributed by atoms with Gasteiger partial charge in [-0.25, -0.2) is 18.7 Å². The number of benzene rings is 1. The number of carbonyl (C=O) groups is 1. The highest BCUT2D eigenvalue weighted by Crippen LogP contribution is 2.25. The fourth-order valence-corrected chi connectivity index (χ4v) is 3.62. The maximum atomic E-state index is 13.6. The van der Waals surface area contributed by atoms with Crippen molar-refractivity contribution in [3.63, 3.8) is 0 Å². The van der Waals surface area contributed by atoms with Crippen LogP contribution in [0.4, 0.5) is 20.4 Å². The Morgan fingerprint density at radius 3 is 2.77 bits per heavy atom. The summed E-state index contributed by atoms with van der Waals surface area (Å²) in [5, 5.41) is 5.96. The van der Waals surface area contributed by atoms with Gasteiger partial charge < -0.3 is 15.5 Å². The Labute approximate surface area is 176 Å². The second kappa shape index (κ2) is 10.8. The Kier molecular flexibility index (Phi) is 7.93. The number of hydrogen-bond acceptors (Lipinski definition) is 5. The lowest BCUT2D eigenvalue weighted by Crippen LogP contribution is -2.34. The van der Waals surface area contributed by atoms with Crippen LogP contribution in [-0.4, -0.2) is 35.5 Å². The number of hydrogen-bond donors (Lipinski definition) is 2. The maximum absolute atomic E-state index is 13.6. The Morgan fingerprint density at radius 2 is 2.00 bits per heavy atom. The van der Waals surface area contributed by atoms with E-state index in [-0.39, 0.29) is 18.0 Å². The molecule has 0 bridgehead atoms. The standard InChI is InChI=1S/C22H29F2N5O/c1-2-9-25-20-13-21(28-15-27-20)29-10-7-16(8-11-29)3-6-22(30)26-14-17-12-18(23)4-5-19(17)24/h4-5,12-13,15-16H,2-3,6-11,14H2,1H3,(H,26,30)(H,25,27,28). The number of rotatable bonds is 9. The van der Waals surface area contributed by atoms with Crippen LogP contribution < -0.4 is 15.5 Å². The van der Waals surface area contributed by atoms with Gasteiger partial charge in [-0.3, -0.25) is 4.79 Å². The molecule has 1 amide bonds. The summed E-state index contributed by atoms with van der Waals surface area (Å²) in [5.74, 6) is 1.08. The van der Waals surface area contributed by atoms with E-state index < -0.39 is 11.6 Å². The van der Waals surface area contributed by atoms with E-state index in [1.165, 1.54) is 0 Å². The van der Waals surface area contributed by atoms with Crippen LogP contribution in [0.15, 0.2) is 30.6 Å². The molecule has 3 rings (SSSR count). The summed E-state index contributed by atoms with van der Waals surface area (Å²) in [4.78, 5) is 23.0. The molecule has 1 aromatic heterocycles. The molecule has 0 unspecified atom stereocenters. The minimum Gasteiger partial charge on any atom is -0.370 e. The highest BCUT2D eigenvalue weighted by atomic mass is 19.1. The Hall–Kier alpha value is -2.77. The first-order valence-corrected chi connectivity index (χ1v) is 10.6. The Bertz CT molecular complexity index is 840. The first-order chi connectivity index (χ1) is 14.5. The lowest BCUT2D eigenvalue weighted by atomic mass is 9.92. The molecular weight excluding hydrogens is 388 g/mol. The van der Waals surface area contributed by atoms with Crippen molar-refractivity contribution in [3.8, 4) is 0 Å². The normalized spacial score (nSPS) is 14.6. The third kappa shape index (κ3) is 6.37. The Morgan fingerprint density at radius 1 is 1.20 bits per heavy atom. The number of aromatic nitrogens is 2. The van der Waals surface area contributed by atoms with Crippen molar-refractivity contribution >= 4 is 17.5 Å². The number of amides is 1. The maximum Gasteiger partial charge on any atom is 0.220 e. The molecule has 30 heavy (non-hydrogen) atoms. The lowest BCUT2D eigenvalue weighted by Gasteiger charge is -2.32. The van der Waals surface area contributed by atoms with E-state index >= 15 is 0 Å². The number of nitrogens with zero attached hydrogens (tertiary/aromatic N) is 3. The van der Waals surface area contributed by atoms with Crippen LogP contribution in [0.25, 0.3) is 0 Å². The molecule has 0 radical (unpaired) electrons. The van der Waals surface area contributed by atoms with Gasteiger partial charge in [0.05, 0.1) is 0 Å². The van der Waals surface area contributed by atoms with Gasteiger partial charge in [0.1, 0.15) is 29.6 Å². The van der Waals surface area contributed by atoms with Gasteiger partial charge in [0.25, 0.3) is 0 Å². The quantitative estimate of drug-likeness (QED) is 0.648. The van der Waals surface area contributed by atoms with Crippen molar-refractivity contribution in [2.75, 3.05) is 29.9 Å². The summed E-state index contributed by atoms with van der Waals surface area (Å²) in [7, 11) is 0. The number of piperidine rings is 1. The van der Waals surface area contributed by atoms with E-state index in [0.29, 0.717) is 12.3 Å². The van der Waals surface area contributed by atoms with Crippen molar-refractivity contribution in [1.82, 2.24) is 15.3 Å². The molecule has 1 aromatic carbocycles. The fourth-order valence-electron chi connectivity index (χ4n) is 3.62. The van der Waals surface area contributed by atoms with E-state index in [4.69, 9.17) is 0 Å². The predicted molar refractivity (Wildman–Crippen MR) is 113 cm³/mol. The molecule has 1 fully saturated rings. The third-order valence-corrected chi connectivity index (χ3v) is 5.41. The van der Waals surface area contributed by atoms with Gasteiger partial charge in [-0.15, -0.1) is 0 Å². The zero-order chi connectivity index (χ0) is 21.3. The summed E-state index contributed by atoms with van der Waals surface area (Å²) in [6, 6.07) is 5.23. The first-order valence-electron chi connectivity index (χ1n) is 10.6. The monoisotopic (exact) mass is 417 g/mol. The van der Waals surface area contributed by atoms with Crippen molar-refractivity contribution in [2.45, 2.75) is 45.6 Å². The summed E-state index contributed by atoms with van der Waals surface area (Å²) in [6.07, 6.45) is 5.79. The van der Waals surface area contributed by atoms with Crippen LogP contribution in [0.2, 0.25) is 0 Å². The Balaban J connectivity index is 1.39. The summed E-state index contributed by atoms with van der Waals surface area (Å²) >= 11 is 0. The van der Waals surface area contributed by atoms with Gasteiger partial charge >= 0.3 is 0 Å². The largest absolute Gasteiger partial charge is 0.370 e. The molecule has 8 heteroatoms. The molecule has 1 aliphatic rings. The summed E-state index contributed by atoms with van der Waals surface area (Å²) < 4.78 is 26.8. The third-order valence-electron chi connectivity index (χ3n) is 5.41. The van der Waals surface area contributed by atoms with Gasteiger partial charge in [0.2, 0.25) is 5.91 Å². The predicted octanol–water partition coefficient (Wildman–Crippen LogP) is 3.89. The van der Waals surface area contributed by atoms with Crippen molar-refractivity contribution in [1.29, 1.82) is 0 Å². The van der Waals surface area contributed by atoms with Gasteiger partial charge in [0.15, 0.2) is 0 Å². The van der Waals surface area contributed by atoms with Crippen LogP contribution in [0.5, 0.6) is 0 Å². The van der Waals surface area contributed by atoms with Crippen LogP contribution in [0.3, 0.4) is 0 Å². The van der Waals surface area contributed by atoms with E-state index in [1.807, 2.05) is 6.07 Å². The van der Waals surface area contributed by atoms with Crippen LogP contribution in [-0.2, 0) is 11.3 Å². The molecule has 0 spiro atoms. The highest BCUT2D eigenvalue weighted by Gasteiger charge is 2.21. The molecule has 2 aromatic rings. The molecule has 162 valence electrons. The van der Waals surface area contributed by atoms with Gasteiger partial charge in [-0.1, -0.05) is 6.92 Å². The van der Waals surface area contributed by atoms with Gasteiger partial charge in [-0.05, 0) is 49.8 Å². The number of carbonyl (C=O) groups excluding carboxylic acids is 1. The smallest absolute Gasteiger partial charge is 0.220 e. The number of nitrogens with one attached hydrogen (secondary N) is 2. The van der Waals surface area contributed by atoms with E-state index in [2.05, 4.69) is 32.4 Å². The SMILES string of the molecule is CCCNc1cc(N2CCC(CCC(=O)NCc3cc(F)ccc3F)CC2)ncn1. The second-order valence-corrected chi connectivity index (χ2v) is 7.67. The van der Waals surface area contributed by atoms with E-state index in [0.717, 1.165) is 75.2 Å². The number of halogens is 2. The molecule has 1 saturated heterocycles. The van der Waals surface area contributed by atoms with E-state index in [9.17, 15) is 13.6 Å². The molecule has 6 nitrogen and oxygen atoms in total. The molecule has 2 heterocycles. The molecule has 0 saturated carbocycles. The fraction of sp³-hybridized carbons (Fsp3) is 0.500. The molecular formula is C22H29F2N5O. The van der Waals surface area contributed by atoms with Crippen LogP contribution in [0, 0.1) is 17.6 Å². The molecule has 2 N–H and O–H groups in total. The average Bonchev–Trinajstić information content (AvgIpc) is 2.77. The molecule has 1 aliphatic heterocycles. The average molecular weight is 418 g/mol. The minimum absolute atomic E-state index is 0.00296. The molecule has 0 atom stereocenters. The van der Waals surface area contributed by atoms with Gasteiger partial charge in [0, 0.05) is 44.2 Å². The number of anilines is 2.